The van der Waals surface area contributed by atoms with Crippen molar-refractivity contribution in [3.63, 3.8) is 0 Å². The fourth-order valence-electron chi connectivity index (χ4n) is 1.65. The summed E-state index contributed by atoms with van der Waals surface area (Å²) < 4.78 is 0. The monoisotopic (exact) mass is 278 g/mol. The van der Waals surface area contributed by atoms with E-state index in [1.54, 1.807) is 18.2 Å². The van der Waals surface area contributed by atoms with E-state index in [-0.39, 0.29) is 30.8 Å². The molecule has 0 bridgehead atoms. The second kappa shape index (κ2) is 7.37. The zero-order valence-corrected chi connectivity index (χ0v) is 11.9. The third-order valence-electron chi connectivity index (χ3n) is 2.90. The molecule has 0 spiro atoms. The zero-order valence-electron chi connectivity index (χ0n) is 11.9. The molecule has 0 fully saturated rings. The Morgan fingerprint density at radius 2 is 1.80 bits per heavy atom. The normalized spacial score (nSPS) is 11.7. The van der Waals surface area contributed by atoms with Gasteiger partial charge in [-0.1, -0.05) is 6.92 Å². The second-order valence-corrected chi connectivity index (χ2v) is 4.77. The quantitative estimate of drug-likeness (QED) is 0.579. The summed E-state index contributed by atoms with van der Waals surface area (Å²) in [5, 5.41) is 5.50. The van der Waals surface area contributed by atoms with Crippen LogP contribution in [0.5, 0.6) is 0 Å². The van der Waals surface area contributed by atoms with Gasteiger partial charge in [0.2, 0.25) is 5.91 Å². The Labute approximate surface area is 118 Å². The molecule has 0 saturated heterocycles. The molecule has 20 heavy (non-hydrogen) atoms. The first kappa shape index (κ1) is 15.8. The topological polar surface area (TPSA) is 110 Å². The van der Waals surface area contributed by atoms with Gasteiger partial charge in [-0.15, -0.1) is 0 Å². The lowest BCUT2D eigenvalue weighted by molar-refractivity contribution is -0.121. The van der Waals surface area contributed by atoms with Crippen molar-refractivity contribution >= 4 is 23.2 Å². The molecule has 0 radical (unpaired) electrons. The zero-order chi connectivity index (χ0) is 15.1. The number of anilines is 2. The van der Waals surface area contributed by atoms with Crippen LogP contribution < -0.4 is 22.1 Å². The number of amides is 2. The number of carbonyl (C=O) groups is 2. The lowest BCUT2D eigenvalue weighted by atomic mass is 10.1. The molecule has 1 aromatic carbocycles. The average Bonchev–Trinajstić information content (AvgIpc) is 2.37. The second-order valence-electron chi connectivity index (χ2n) is 4.77. The lowest BCUT2D eigenvalue weighted by Crippen LogP contribution is -2.35. The highest BCUT2D eigenvalue weighted by Gasteiger charge is 2.09. The van der Waals surface area contributed by atoms with E-state index >= 15 is 0 Å². The van der Waals surface area contributed by atoms with E-state index in [1.165, 1.54) is 0 Å². The number of hydrogen-bond donors (Lipinski definition) is 4. The van der Waals surface area contributed by atoms with Crippen molar-refractivity contribution < 1.29 is 9.59 Å². The van der Waals surface area contributed by atoms with Crippen molar-refractivity contribution in [2.75, 3.05) is 18.0 Å². The van der Waals surface area contributed by atoms with Crippen molar-refractivity contribution in [3.8, 4) is 0 Å². The Bertz CT molecular complexity index is 468. The van der Waals surface area contributed by atoms with Crippen LogP contribution in [-0.2, 0) is 4.79 Å². The van der Waals surface area contributed by atoms with Crippen LogP contribution >= 0.6 is 0 Å². The summed E-state index contributed by atoms with van der Waals surface area (Å²) in [6, 6.07) is 4.82. The third kappa shape index (κ3) is 5.17. The molecule has 0 aromatic heterocycles. The summed E-state index contributed by atoms with van der Waals surface area (Å²) in [6.45, 7) is 4.21. The predicted octanol–water partition coefficient (Wildman–Crippen LogP) is 0.886. The number of nitrogen functional groups attached to an aromatic ring is 2. The van der Waals surface area contributed by atoms with E-state index in [0.29, 0.717) is 16.9 Å². The number of benzene rings is 1. The van der Waals surface area contributed by atoms with Gasteiger partial charge in [0, 0.05) is 35.9 Å². The van der Waals surface area contributed by atoms with Crippen molar-refractivity contribution in [1.82, 2.24) is 10.6 Å². The molecule has 2 amide bonds. The van der Waals surface area contributed by atoms with Crippen LogP contribution in [0.4, 0.5) is 11.4 Å². The summed E-state index contributed by atoms with van der Waals surface area (Å²) in [4.78, 5) is 23.4. The largest absolute Gasteiger partial charge is 0.399 e. The van der Waals surface area contributed by atoms with E-state index < -0.39 is 0 Å². The van der Waals surface area contributed by atoms with E-state index in [0.717, 1.165) is 6.42 Å². The number of rotatable bonds is 6. The minimum atomic E-state index is -0.291. The van der Waals surface area contributed by atoms with Gasteiger partial charge < -0.3 is 22.1 Å². The van der Waals surface area contributed by atoms with Gasteiger partial charge in [-0.05, 0) is 31.5 Å². The van der Waals surface area contributed by atoms with Crippen LogP contribution in [0.25, 0.3) is 0 Å². The predicted molar refractivity (Wildman–Crippen MR) is 80.1 cm³/mol. The van der Waals surface area contributed by atoms with Gasteiger partial charge in [0.1, 0.15) is 0 Å². The van der Waals surface area contributed by atoms with E-state index in [9.17, 15) is 9.59 Å². The average molecular weight is 278 g/mol. The highest BCUT2D eigenvalue weighted by molar-refractivity contribution is 5.96. The van der Waals surface area contributed by atoms with Crippen molar-refractivity contribution in [2.45, 2.75) is 32.7 Å². The summed E-state index contributed by atoms with van der Waals surface area (Å²) in [6.07, 6.45) is 1.12. The van der Waals surface area contributed by atoms with Gasteiger partial charge in [-0.2, -0.15) is 0 Å². The number of hydrogen-bond acceptors (Lipinski definition) is 4. The minimum absolute atomic E-state index is 0.0771. The molecule has 0 heterocycles. The van der Waals surface area contributed by atoms with Gasteiger partial charge in [0.05, 0.1) is 0 Å². The van der Waals surface area contributed by atoms with Crippen LogP contribution in [0.2, 0.25) is 0 Å². The Hall–Kier alpha value is -2.24. The maximum Gasteiger partial charge on any atom is 0.251 e. The Kier molecular flexibility index (Phi) is 5.83. The van der Waals surface area contributed by atoms with Crippen molar-refractivity contribution in [3.05, 3.63) is 23.8 Å². The number of nitrogens with two attached hydrogens (primary N) is 2. The summed E-state index contributed by atoms with van der Waals surface area (Å²) in [5.41, 5.74) is 12.5. The van der Waals surface area contributed by atoms with Crippen molar-refractivity contribution in [2.24, 2.45) is 0 Å². The molecule has 1 unspecified atom stereocenters. The summed E-state index contributed by atoms with van der Waals surface area (Å²) in [7, 11) is 0. The Balaban J connectivity index is 2.42. The molecule has 1 atom stereocenters. The van der Waals surface area contributed by atoms with Crippen LogP contribution in [0.1, 0.15) is 37.0 Å². The molecule has 1 aromatic rings. The molecule has 110 valence electrons. The van der Waals surface area contributed by atoms with Gasteiger partial charge in [0.15, 0.2) is 0 Å². The van der Waals surface area contributed by atoms with Gasteiger partial charge in [-0.3, -0.25) is 9.59 Å². The molecule has 1 rings (SSSR count). The minimum Gasteiger partial charge on any atom is -0.399 e. The van der Waals surface area contributed by atoms with Gasteiger partial charge in [-0.25, -0.2) is 0 Å². The fourth-order valence-corrected chi connectivity index (χ4v) is 1.65. The van der Waals surface area contributed by atoms with Crippen LogP contribution in [0.3, 0.4) is 0 Å². The number of carbonyl (C=O) groups excluding carboxylic acids is 2. The first-order chi connectivity index (χ1) is 9.42. The number of nitrogens with one attached hydrogen (secondary N) is 2. The first-order valence-corrected chi connectivity index (χ1v) is 6.66. The summed E-state index contributed by atoms with van der Waals surface area (Å²) in [5.74, 6) is -0.368. The SMILES string of the molecule is CCC(C)NC(=O)CCNC(=O)c1cc(N)cc(N)c1. The third-order valence-corrected chi connectivity index (χ3v) is 2.90. The highest BCUT2D eigenvalue weighted by Crippen LogP contribution is 2.13. The molecule has 0 aliphatic carbocycles. The van der Waals surface area contributed by atoms with Gasteiger partial charge in [0.25, 0.3) is 5.91 Å². The maximum absolute atomic E-state index is 11.9. The van der Waals surface area contributed by atoms with Crippen LogP contribution in [0.15, 0.2) is 18.2 Å². The molecular formula is C14H22N4O2. The smallest absolute Gasteiger partial charge is 0.251 e. The first-order valence-electron chi connectivity index (χ1n) is 6.66. The highest BCUT2D eigenvalue weighted by atomic mass is 16.2. The molecular weight excluding hydrogens is 256 g/mol. The molecule has 6 N–H and O–H groups in total. The molecule has 0 aliphatic rings. The van der Waals surface area contributed by atoms with Crippen LogP contribution in [0, 0.1) is 0 Å². The molecule has 0 saturated carbocycles. The summed E-state index contributed by atoms with van der Waals surface area (Å²) >= 11 is 0. The fraction of sp³-hybridized carbons (Fsp3) is 0.429. The van der Waals surface area contributed by atoms with E-state index in [4.69, 9.17) is 11.5 Å². The van der Waals surface area contributed by atoms with Crippen molar-refractivity contribution in [1.29, 1.82) is 0 Å². The Morgan fingerprint density at radius 1 is 1.20 bits per heavy atom. The van der Waals surface area contributed by atoms with Gasteiger partial charge >= 0.3 is 0 Å². The maximum atomic E-state index is 11.9. The standard InChI is InChI=1S/C14H22N4O2/c1-3-9(2)18-13(19)4-5-17-14(20)10-6-11(15)8-12(16)7-10/h6-9H,3-5,15-16H2,1-2H3,(H,17,20)(H,18,19). The molecule has 0 aliphatic heterocycles. The molecule has 6 nitrogen and oxygen atoms in total. The molecule has 6 heteroatoms. The Morgan fingerprint density at radius 3 is 2.35 bits per heavy atom. The van der Waals surface area contributed by atoms with Crippen LogP contribution in [-0.4, -0.2) is 24.4 Å². The van der Waals surface area contributed by atoms with E-state index in [1.807, 2.05) is 13.8 Å². The van der Waals surface area contributed by atoms with E-state index in [2.05, 4.69) is 10.6 Å². The lowest BCUT2D eigenvalue weighted by Gasteiger charge is -2.11.